The standard InChI is InChI=1S/C14H22FN/c1-4-16-10-12(3)11(2)8-13-6-5-7-14(15)9-13/h5-7,9,11-12,16H,4,8,10H2,1-3H3. The summed E-state index contributed by atoms with van der Waals surface area (Å²) < 4.78 is 13.0. The fourth-order valence-electron chi connectivity index (χ4n) is 1.81. The maximum atomic E-state index is 13.0. The Kier molecular flexibility index (Phi) is 5.47. The fourth-order valence-corrected chi connectivity index (χ4v) is 1.81. The zero-order chi connectivity index (χ0) is 12.0. The van der Waals surface area contributed by atoms with Crippen LogP contribution in [0.1, 0.15) is 26.3 Å². The number of halogens is 1. The van der Waals surface area contributed by atoms with Gasteiger partial charge in [-0.25, -0.2) is 4.39 Å². The van der Waals surface area contributed by atoms with Crippen molar-refractivity contribution in [1.82, 2.24) is 5.32 Å². The zero-order valence-electron chi connectivity index (χ0n) is 10.5. The number of rotatable bonds is 6. The van der Waals surface area contributed by atoms with Crippen LogP contribution in [0.25, 0.3) is 0 Å². The van der Waals surface area contributed by atoms with Gasteiger partial charge in [0.15, 0.2) is 0 Å². The molecule has 90 valence electrons. The van der Waals surface area contributed by atoms with Crippen molar-refractivity contribution in [3.8, 4) is 0 Å². The van der Waals surface area contributed by atoms with Gasteiger partial charge in [-0.3, -0.25) is 0 Å². The molecule has 0 amide bonds. The summed E-state index contributed by atoms with van der Waals surface area (Å²) in [4.78, 5) is 0. The maximum Gasteiger partial charge on any atom is 0.123 e. The normalized spacial score (nSPS) is 14.8. The van der Waals surface area contributed by atoms with Gasteiger partial charge in [0.2, 0.25) is 0 Å². The molecule has 16 heavy (non-hydrogen) atoms. The van der Waals surface area contributed by atoms with E-state index >= 15 is 0 Å². The molecule has 0 saturated heterocycles. The van der Waals surface area contributed by atoms with E-state index in [1.165, 1.54) is 6.07 Å². The van der Waals surface area contributed by atoms with Crippen LogP contribution in [0.3, 0.4) is 0 Å². The molecule has 1 N–H and O–H groups in total. The molecule has 0 aliphatic carbocycles. The molecule has 1 nitrogen and oxygen atoms in total. The summed E-state index contributed by atoms with van der Waals surface area (Å²) in [6.45, 7) is 8.63. The molecule has 2 heteroatoms. The molecule has 1 rings (SSSR count). The molecule has 1 aromatic carbocycles. The Morgan fingerprint density at radius 2 is 2.00 bits per heavy atom. The zero-order valence-corrected chi connectivity index (χ0v) is 10.5. The van der Waals surface area contributed by atoms with Gasteiger partial charge in [-0.1, -0.05) is 32.9 Å². The lowest BCUT2D eigenvalue weighted by atomic mass is 9.89. The minimum Gasteiger partial charge on any atom is -0.317 e. The first kappa shape index (κ1) is 13.2. The Bertz CT molecular complexity index is 311. The molecule has 0 radical (unpaired) electrons. The van der Waals surface area contributed by atoms with Crippen LogP contribution >= 0.6 is 0 Å². The van der Waals surface area contributed by atoms with Gasteiger partial charge in [-0.15, -0.1) is 0 Å². The van der Waals surface area contributed by atoms with Gasteiger partial charge in [-0.2, -0.15) is 0 Å². The minimum absolute atomic E-state index is 0.135. The van der Waals surface area contributed by atoms with Gasteiger partial charge in [0.05, 0.1) is 0 Å². The third-order valence-corrected chi connectivity index (χ3v) is 3.13. The molecule has 0 bridgehead atoms. The quantitative estimate of drug-likeness (QED) is 0.780. The average Bonchev–Trinajstić information content (AvgIpc) is 2.25. The largest absolute Gasteiger partial charge is 0.317 e. The lowest BCUT2D eigenvalue weighted by molar-refractivity contribution is 0.368. The van der Waals surface area contributed by atoms with Crippen molar-refractivity contribution >= 4 is 0 Å². The van der Waals surface area contributed by atoms with E-state index in [1.54, 1.807) is 12.1 Å². The van der Waals surface area contributed by atoms with Crippen LogP contribution in [0.15, 0.2) is 24.3 Å². The van der Waals surface area contributed by atoms with Gasteiger partial charge in [0.25, 0.3) is 0 Å². The fraction of sp³-hybridized carbons (Fsp3) is 0.571. The monoisotopic (exact) mass is 223 g/mol. The lowest BCUT2D eigenvalue weighted by Crippen LogP contribution is -2.25. The second-order valence-corrected chi connectivity index (χ2v) is 4.60. The average molecular weight is 223 g/mol. The van der Waals surface area contributed by atoms with E-state index in [4.69, 9.17) is 0 Å². The highest BCUT2D eigenvalue weighted by molar-refractivity contribution is 5.16. The van der Waals surface area contributed by atoms with Crippen molar-refractivity contribution in [2.45, 2.75) is 27.2 Å². The van der Waals surface area contributed by atoms with E-state index < -0.39 is 0 Å². The summed E-state index contributed by atoms with van der Waals surface area (Å²) >= 11 is 0. The number of nitrogens with one attached hydrogen (secondary N) is 1. The van der Waals surface area contributed by atoms with Gasteiger partial charge >= 0.3 is 0 Å². The van der Waals surface area contributed by atoms with E-state index in [9.17, 15) is 4.39 Å². The van der Waals surface area contributed by atoms with Crippen LogP contribution in [0.2, 0.25) is 0 Å². The van der Waals surface area contributed by atoms with Gasteiger partial charge < -0.3 is 5.32 Å². The summed E-state index contributed by atoms with van der Waals surface area (Å²) in [5.74, 6) is 1.05. The van der Waals surface area contributed by atoms with E-state index in [0.717, 1.165) is 25.1 Å². The second kappa shape index (κ2) is 6.64. The highest BCUT2D eigenvalue weighted by Gasteiger charge is 2.12. The van der Waals surface area contributed by atoms with E-state index in [0.29, 0.717) is 11.8 Å². The first-order valence-electron chi connectivity index (χ1n) is 6.08. The highest BCUT2D eigenvalue weighted by atomic mass is 19.1. The first-order chi connectivity index (χ1) is 7.63. The SMILES string of the molecule is CCNCC(C)C(C)Cc1cccc(F)c1. The van der Waals surface area contributed by atoms with Gasteiger partial charge in [0, 0.05) is 0 Å². The summed E-state index contributed by atoms with van der Waals surface area (Å²) in [7, 11) is 0. The second-order valence-electron chi connectivity index (χ2n) is 4.60. The van der Waals surface area contributed by atoms with Crippen molar-refractivity contribution < 1.29 is 4.39 Å². The van der Waals surface area contributed by atoms with Gasteiger partial charge in [-0.05, 0) is 49.0 Å². The van der Waals surface area contributed by atoms with E-state index in [2.05, 4.69) is 26.1 Å². The Balaban J connectivity index is 2.47. The van der Waals surface area contributed by atoms with E-state index in [1.807, 2.05) is 6.07 Å². The van der Waals surface area contributed by atoms with Crippen LogP contribution in [0.4, 0.5) is 4.39 Å². The molecular weight excluding hydrogens is 201 g/mol. The smallest absolute Gasteiger partial charge is 0.123 e. The predicted molar refractivity (Wildman–Crippen MR) is 67.0 cm³/mol. The van der Waals surface area contributed by atoms with Crippen LogP contribution in [-0.2, 0) is 6.42 Å². The first-order valence-corrected chi connectivity index (χ1v) is 6.08. The van der Waals surface area contributed by atoms with Crippen LogP contribution in [0, 0.1) is 17.7 Å². The summed E-state index contributed by atoms with van der Waals surface area (Å²) in [5, 5.41) is 3.35. The number of hydrogen-bond acceptors (Lipinski definition) is 1. The molecule has 2 unspecified atom stereocenters. The molecule has 0 heterocycles. The summed E-state index contributed by atoms with van der Waals surface area (Å²) in [6, 6.07) is 6.92. The highest BCUT2D eigenvalue weighted by Crippen LogP contribution is 2.17. The Hall–Kier alpha value is -0.890. The lowest BCUT2D eigenvalue weighted by Gasteiger charge is -2.20. The third-order valence-electron chi connectivity index (χ3n) is 3.13. The number of hydrogen-bond donors (Lipinski definition) is 1. The molecule has 0 aromatic heterocycles. The molecule has 0 aliphatic rings. The van der Waals surface area contributed by atoms with Crippen molar-refractivity contribution in [2.24, 2.45) is 11.8 Å². The van der Waals surface area contributed by atoms with Crippen LogP contribution < -0.4 is 5.32 Å². The van der Waals surface area contributed by atoms with E-state index in [-0.39, 0.29) is 5.82 Å². The summed E-state index contributed by atoms with van der Waals surface area (Å²) in [6.07, 6.45) is 0.949. The van der Waals surface area contributed by atoms with Crippen molar-refractivity contribution in [3.05, 3.63) is 35.6 Å². The maximum absolute atomic E-state index is 13.0. The van der Waals surface area contributed by atoms with Gasteiger partial charge in [0.1, 0.15) is 5.82 Å². The number of benzene rings is 1. The van der Waals surface area contributed by atoms with Crippen LogP contribution in [0.5, 0.6) is 0 Å². The molecule has 0 spiro atoms. The molecule has 0 aliphatic heterocycles. The van der Waals surface area contributed by atoms with Crippen molar-refractivity contribution in [2.75, 3.05) is 13.1 Å². The molecular formula is C14H22FN. The third kappa shape index (κ3) is 4.31. The Morgan fingerprint density at radius 1 is 1.25 bits per heavy atom. The predicted octanol–water partition coefficient (Wildman–Crippen LogP) is 3.25. The Morgan fingerprint density at radius 3 is 2.62 bits per heavy atom. The van der Waals surface area contributed by atoms with Crippen LogP contribution in [-0.4, -0.2) is 13.1 Å². The topological polar surface area (TPSA) is 12.0 Å². The molecule has 2 atom stereocenters. The van der Waals surface area contributed by atoms with Crippen molar-refractivity contribution in [1.29, 1.82) is 0 Å². The Labute approximate surface area is 98.1 Å². The minimum atomic E-state index is -0.135. The molecule has 0 fully saturated rings. The molecule has 1 aromatic rings. The van der Waals surface area contributed by atoms with Crippen molar-refractivity contribution in [3.63, 3.8) is 0 Å². The summed E-state index contributed by atoms with van der Waals surface area (Å²) in [5.41, 5.74) is 1.09. The molecule has 0 saturated carbocycles.